The monoisotopic (exact) mass is 283 g/mol. The normalized spacial score (nSPS) is 28.9. The maximum absolute atomic E-state index is 10.5. The Bertz CT molecular complexity index is 287. The van der Waals surface area contributed by atoms with Crippen molar-refractivity contribution in [2.24, 2.45) is 0 Å². The van der Waals surface area contributed by atoms with E-state index in [4.69, 9.17) is 0 Å². The van der Waals surface area contributed by atoms with Crippen LogP contribution in [0.15, 0.2) is 0 Å². The zero-order valence-electron chi connectivity index (χ0n) is 13.6. The number of aliphatic hydroxyl groups is 1. The summed E-state index contributed by atoms with van der Waals surface area (Å²) in [7, 11) is 0. The molecule has 20 heavy (non-hydrogen) atoms. The molecule has 0 bridgehead atoms. The van der Waals surface area contributed by atoms with Crippen molar-refractivity contribution in [3.8, 4) is 0 Å². The van der Waals surface area contributed by atoms with Gasteiger partial charge in [0, 0.05) is 31.7 Å². The molecule has 0 amide bonds. The molecule has 2 unspecified atom stereocenters. The highest BCUT2D eigenvalue weighted by Gasteiger charge is 2.32. The van der Waals surface area contributed by atoms with Gasteiger partial charge in [0.05, 0.1) is 5.60 Å². The van der Waals surface area contributed by atoms with Gasteiger partial charge >= 0.3 is 0 Å². The zero-order valence-corrected chi connectivity index (χ0v) is 13.6. The van der Waals surface area contributed by atoms with E-state index >= 15 is 0 Å². The van der Waals surface area contributed by atoms with Crippen LogP contribution in [0.2, 0.25) is 0 Å². The third-order valence-electron chi connectivity index (χ3n) is 4.61. The van der Waals surface area contributed by atoms with Crippen LogP contribution >= 0.6 is 0 Å². The fourth-order valence-corrected chi connectivity index (χ4v) is 3.50. The second-order valence-corrected chi connectivity index (χ2v) is 7.31. The molecule has 0 aliphatic carbocycles. The van der Waals surface area contributed by atoms with Gasteiger partial charge in [0.1, 0.15) is 0 Å². The minimum absolute atomic E-state index is 0.432. The van der Waals surface area contributed by atoms with Gasteiger partial charge in [-0.1, -0.05) is 20.3 Å². The van der Waals surface area contributed by atoms with Gasteiger partial charge in [-0.3, -0.25) is 9.80 Å². The molecule has 2 saturated heterocycles. The SMILES string of the molecule is CC(C)NCC(C)(O)CN1CCC(N2CCCCC2)C1. The predicted octanol–water partition coefficient (Wildman–Crippen LogP) is 1.30. The Morgan fingerprint density at radius 1 is 1.20 bits per heavy atom. The summed E-state index contributed by atoms with van der Waals surface area (Å²) in [6.45, 7) is 12.5. The van der Waals surface area contributed by atoms with Crippen LogP contribution < -0.4 is 5.32 Å². The number of hydrogen-bond acceptors (Lipinski definition) is 4. The standard InChI is InChI=1S/C16H33N3O/c1-14(2)17-12-16(3,20)13-18-10-7-15(11-18)19-8-5-4-6-9-19/h14-15,17,20H,4-13H2,1-3H3. The van der Waals surface area contributed by atoms with Crippen LogP contribution in [-0.4, -0.2) is 71.9 Å². The summed E-state index contributed by atoms with van der Waals surface area (Å²) in [6, 6.07) is 1.16. The number of piperidine rings is 1. The molecule has 118 valence electrons. The van der Waals surface area contributed by atoms with E-state index in [0.29, 0.717) is 12.6 Å². The molecule has 0 aromatic heterocycles. The van der Waals surface area contributed by atoms with E-state index in [-0.39, 0.29) is 0 Å². The molecule has 2 fully saturated rings. The van der Waals surface area contributed by atoms with Crippen molar-refractivity contribution in [2.45, 2.75) is 64.1 Å². The highest BCUT2D eigenvalue weighted by Crippen LogP contribution is 2.21. The lowest BCUT2D eigenvalue weighted by Crippen LogP contribution is -2.49. The Labute approximate surface area is 124 Å². The summed E-state index contributed by atoms with van der Waals surface area (Å²) in [5, 5.41) is 13.8. The molecule has 0 saturated carbocycles. The van der Waals surface area contributed by atoms with Crippen molar-refractivity contribution >= 4 is 0 Å². The minimum Gasteiger partial charge on any atom is -0.388 e. The quantitative estimate of drug-likeness (QED) is 0.771. The van der Waals surface area contributed by atoms with Gasteiger partial charge < -0.3 is 10.4 Å². The largest absolute Gasteiger partial charge is 0.388 e. The number of hydrogen-bond donors (Lipinski definition) is 2. The molecule has 2 aliphatic rings. The number of β-amino-alcohol motifs (C(OH)–C–C–N with tert-alkyl or cyclic N) is 1. The number of nitrogens with one attached hydrogen (secondary N) is 1. The molecule has 0 aromatic rings. The summed E-state index contributed by atoms with van der Waals surface area (Å²) in [5.74, 6) is 0. The second kappa shape index (κ2) is 7.21. The Kier molecular flexibility index (Phi) is 5.84. The Morgan fingerprint density at radius 3 is 2.55 bits per heavy atom. The number of rotatable bonds is 6. The van der Waals surface area contributed by atoms with Crippen molar-refractivity contribution in [2.75, 3.05) is 39.3 Å². The van der Waals surface area contributed by atoms with Gasteiger partial charge in [-0.15, -0.1) is 0 Å². The van der Waals surface area contributed by atoms with Crippen LogP contribution in [0.4, 0.5) is 0 Å². The van der Waals surface area contributed by atoms with Crippen molar-refractivity contribution in [3.05, 3.63) is 0 Å². The van der Waals surface area contributed by atoms with Crippen LogP contribution in [0, 0.1) is 0 Å². The second-order valence-electron chi connectivity index (χ2n) is 7.31. The molecule has 2 aliphatic heterocycles. The van der Waals surface area contributed by atoms with Crippen molar-refractivity contribution < 1.29 is 5.11 Å². The number of likely N-dealkylation sites (tertiary alicyclic amines) is 2. The molecule has 0 spiro atoms. The minimum atomic E-state index is -0.624. The summed E-state index contributed by atoms with van der Waals surface area (Å²) in [6.07, 6.45) is 5.41. The molecule has 2 N–H and O–H groups in total. The molecule has 0 aromatic carbocycles. The van der Waals surface area contributed by atoms with E-state index in [2.05, 4.69) is 29.0 Å². The number of nitrogens with zero attached hydrogens (tertiary/aromatic N) is 2. The summed E-state index contributed by atoms with van der Waals surface area (Å²) >= 11 is 0. The van der Waals surface area contributed by atoms with E-state index in [1.54, 1.807) is 0 Å². The van der Waals surface area contributed by atoms with Crippen LogP contribution in [0.1, 0.15) is 46.5 Å². The molecular formula is C16H33N3O. The first kappa shape index (κ1) is 16.2. The summed E-state index contributed by atoms with van der Waals surface area (Å²) < 4.78 is 0. The van der Waals surface area contributed by atoms with Crippen LogP contribution in [0.5, 0.6) is 0 Å². The van der Waals surface area contributed by atoms with E-state index < -0.39 is 5.60 Å². The first-order valence-electron chi connectivity index (χ1n) is 8.38. The third-order valence-corrected chi connectivity index (χ3v) is 4.61. The third kappa shape index (κ3) is 4.99. The summed E-state index contributed by atoms with van der Waals surface area (Å²) in [4.78, 5) is 5.12. The molecule has 2 heterocycles. The Balaban J connectivity index is 1.74. The van der Waals surface area contributed by atoms with Crippen LogP contribution in [-0.2, 0) is 0 Å². The van der Waals surface area contributed by atoms with Gasteiger partial charge in [0.2, 0.25) is 0 Å². The van der Waals surface area contributed by atoms with E-state index in [9.17, 15) is 5.11 Å². The lowest BCUT2D eigenvalue weighted by Gasteiger charge is -2.33. The molecule has 2 rings (SSSR count). The van der Waals surface area contributed by atoms with E-state index in [0.717, 1.165) is 25.7 Å². The van der Waals surface area contributed by atoms with Crippen molar-refractivity contribution in [1.29, 1.82) is 0 Å². The molecule has 2 atom stereocenters. The predicted molar refractivity (Wildman–Crippen MR) is 84.0 cm³/mol. The first-order valence-corrected chi connectivity index (χ1v) is 8.38. The van der Waals surface area contributed by atoms with Crippen molar-refractivity contribution in [1.82, 2.24) is 15.1 Å². The highest BCUT2D eigenvalue weighted by molar-refractivity contribution is 4.89. The first-order chi connectivity index (χ1) is 9.46. The van der Waals surface area contributed by atoms with Gasteiger partial charge in [0.25, 0.3) is 0 Å². The Morgan fingerprint density at radius 2 is 1.90 bits per heavy atom. The molecule has 0 radical (unpaired) electrons. The molecule has 4 heteroatoms. The lowest BCUT2D eigenvalue weighted by molar-refractivity contribution is 0.0228. The smallest absolute Gasteiger partial charge is 0.0869 e. The zero-order chi connectivity index (χ0) is 14.6. The van der Waals surface area contributed by atoms with Gasteiger partial charge in [-0.2, -0.15) is 0 Å². The topological polar surface area (TPSA) is 38.7 Å². The molecular weight excluding hydrogens is 250 g/mol. The fraction of sp³-hybridized carbons (Fsp3) is 1.00. The Hall–Kier alpha value is -0.160. The van der Waals surface area contributed by atoms with E-state index in [1.165, 1.54) is 38.8 Å². The average molecular weight is 283 g/mol. The van der Waals surface area contributed by atoms with Gasteiger partial charge in [0.15, 0.2) is 0 Å². The average Bonchev–Trinajstić information content (AvgIpc) is 2.85. The van der Waals surface area contributed by atoms with E-state index in [1.807, 2.05) is 6.92 Å². The van der Waals surface area contributed by atoms with Crippen LogP contribution in [0.3, 0.4) is 0 Å². The lowest BCUT2D eigenvalue weighted by atomic mass is 10.1. The van der Waals surface area contributed by atoms with Gasteiger partial charge in [-0.05, 0) is 45.8 Å². The summed E-state index contributed by atoms with van der Waals surface area (Å²) in [5.41, 5.74) is -0.624. The van der Waals surface area contributed by atoms with Crippen LogP contribution in [0.25, 0.3) is 0 Å². The fourth-order valence-electron chi connectivity index (χ4n) is 3.50. The highest BCUT2D eigenvalue weighted by atomic mass is 16.3. The maximum atomic E-state index is 10.5. The van der Waals surface area contributed by atoms with Crippen molar-refractivity contribution in [3.63, 3.8) is 0 Å². The maximum Gasteiger partial charge on any atom is 0.0869 e. The molecule has 4 nitrogen and oxygen atoms in total. The van der Waals surface area contributed by atoms with Gasteiger partial charge in [-0.25, -0.2) is 0 Å².